The topological polar surface area (TPSA) is 15.3 Å². The Morgan fingerprint density at radius 1 is 0.905 bits per heavy atom. The van der Waals surface area contributed by atoms with E-state index in [0.29, 0.717) is 0 Å². The van der Waals surface area contributed by atoms with Crippen molar-refractivity contribution in [2.75, 3.05) is 6.54 Å². The highest BCUT2D eigenvalue weighted by Gasteiger charge is 2.15. The van der Waals surface area contributed by atoms with E-state index < -0.39 is 0 Å². The number of benzene rings is 2. The Bertz CT molecular complexity index is 648. The van der Waals surface area contributed by atoms with Crippen molar-refractivity contribution in [1.29, 1.82) is 0 Å². The molecule has 2 aliphatic rings. The zero-order valence-electron chi connectivity index (χ0n) is 12.4. The largest absolute Gasteiger partial charge is 0.309 e. The van der Waals surface area contributed by atoms with E-state index in [1.54, 1.807) is 0 Å². The average Bonchev–Trinajstić information content (AvgIpc) is 2.87. The number of aryl methyl sites for hydroxylation is 1. The van der Waals surface area contributed by atoms with Gasteiger partial charge >= 0.3 is 0 Å². The summed E-state index contributed by atoms with van der Waals surface area (Å²) in [7, 11) is 0. The minimum Gasteiger partial charge on any atom is -0.309 e. The number of rotatable bonds is 2. The molecule has 1 N–H and O–H groups in total. The van der Waals surface area contributed by atoms with Gasteiger partial charge in [-0.25, -0.2) is 0 Å². The fourth-order valence-electron chi connectivity index (χ4n) is 3.61. The van der Waals surface area contributed by atoms with Gasteiger partial charge in [0.1, 0.15) is 0 Å². The van der Waals surface area contributed by atoms with Crippen LogP contribution in [-0.4, -0.2) is 11.4 Å². The summed E-state index contributed by atoms with van der Waals surface area (Å²) >= 11 is 0. The summed E-state index contributed by atoms with van der Waals surface area (Å²) in [5.41, 5.74) is 7.47. The summed E-state index contributed by atoms with van der Waals surface area (Å²) in [5, 5.41) is 3.43. The number of hydrogen-bond acceptors (Lipinski definition) is 2. The van der Waals surface area contributed by atoms with Crippen LogP contribution in [0.25, 0.3) is 0 Å². The molecule has 4 rings (SSSR count). The molecule has 2 aromatic rings. The molecule has 0 saturated carbocycles. The van der Waals surface area contributed by atoms with Crippen molar-refractivity contribution in [2.45, 2.75) is 39.0 Å². The summed E-state index contributed by atoms with van der Waals surface area (Å²) in [6.07, 6.45) is 2.49. The van der Waals surface area contributed by atoms with E-state index in [0.717, 1.165) is 26.2 Å². The van der Waals surface area contributed by atoms with E-state index in [1.165, 1.54) is 47.2 Å². The van der Waals surface area contributed by atoms with Crippen molar-refractivity contribution < 1.29 is 0 Å². The Morgan fingerprint density at radius 2 is 1.76 bits per heavy atom. The minimum absolute atomic E-state index is 1.03. The molecule has 21 heavy (non-hydrogen) atoms. The third-order valence-corrected chi connectivity index (χ3v) is 4.74. The first-order valence-corrected chi connectivity index (χ1v) is 7.99. The highest BCUT2D eigenvalue weighted by atomic mass is 15.1. The van der Waals surface area contributed by atoms with Crippen LogP contribution >= 0.6 is 0 Å². The molecule has 0 atom stereocenters. The van der Waals surface area contributed by atoms with Gasteiger partial charge in [-0.15, -0.1) is 0 Å². The van der Waals surface area contributed by atoms with Crippen molar-refractivity contribution >= 4 is 0 Å². The minimum atomic E-state index is 1.03. The summed E-state index contributed by atoms with van der Waals surface area (Å²) in [4.78, 5) is 2.59. The fourth-order valence-corrected chi connectivity index (χ4v) is 3.61. The zero-order valence-corrected chi connectivity index (χ0v) is 12.4. The number of nitrogens with one attached hydrogen (secondary N) is 1. The SMILES string of the molecule is c1ccc2c(c1)CCCN(Cc1ccc3c(c1)CNC3)C2. The second-order valence-corrected chi connectivity index (χ2v) is 6.29. The molecule has 0 bridgehead atoms. The van der Waals surface area contributed by atoms with Gasteiger partial charge < -0.3 is 5.32 Å². The van der Waals surface area contributed by atoms with E-state index in [9.17, 15) is 0 Å². The van der Waals surface area contributed by atoms with Crippen molar-refractivity contribution in [1.82, 2.24) is 10.2 Å². The van der Waals surface area contributed by atoms with E-state index in [-0.39, 0.29) is 0 Å². The van der Waals surface area contributed by atoms with E-state index in [1.807, 2.05) is 0 Å². The second kappa shape index (κ2) is 5.63. The highest BCUT2D eigenvalue weighted by molar-refractivity contribution is 5.35. The molecule has 0 amide bonds. The monoisotopic (exact) mass is 278 g/mol. The first-order chi connectivity index (χ1) is 10.4. The zero-order chi connectivity index (χ0) is 14.1. The number of fused-ring (bicyclic) bond motifs is 2. The maximum absolute atomic E-state index is 3.43. The van der Waals surface area contributed by atoms with Crippen LogP contribution in [-0.2, 0) is 32.6 Å². The molecule has 2 aromatic carbocycles. The molecule has 0 aliphatic carbocycles. The highest BCUT2D eigenvalue weighted by Crippen LogP contribution is 2.22. The van der Waals surface area contributed by atoms with Crippen LogP contribution in [0.15, 0.2) is 42.5 Å². The summed E-state index contributed by atoms with van der Waals surface area (Å²) in [6.45, 7) is 5.43. The molecule has 2 nitrogen and oxygen atoms in total. The van der Waals surface area contributed by atoms with E-state index in [4.69, 9.17) is 0 Å². The number of hydrogen-bond donors (Lipinski definition) is 1. The van der Waals surface area contributed by atoms with Gasteiger partial charge in [-0.05, 0) is 47.2 Å². The third-order valence-electron chi connectivity index (χ3n) is 4.74. The van der Waals surface area contributed by atoms with Gasteiger partial charge in [0.25, 0.3) is 0 Å². The lowest BCUT2D eigenvalue weighted by Crippen LogP contribution is -2.22. The second-order valence-electron chi connectivity index (χ2n) is 6.29. The van der Waals surface area contributed by atoms with E-state index in [2.05, 4.69) is 52.7 Å². The molecule has 0 spiro atoms. The smallest absolute Gasteiger partial charge is 0.0240 e. The molecule has 0 aromatic heterocycles. The van der Waals surface area contributed by atoms with Gasteiger partial charge in [-0.2, -0.15) is 0 Å². The molecule has 0 unspecified atom stereocenters. The maximum atomic E-state index is 3.43. The predicted octanol–water partition coefficient (Wildman–Crippen LogP) is 3.24. The van der Waals surface area contributed by atoms with Crippen LogP contribution in [0.1, 0.15) is 34.2 Å². The van der Waals surface area contributed by atoms with E-state index >= 15 is 0 Å². The van der Waals surface area contributed by atoms with Gasteiger partial charge in [-0.1, -0.05) is 42.5 Å². The van der Waals surface area contributed by atoms with Gasteiger partial charge in [0, 0.05) is 26.2 Å². The van der Waals surface area contributed by atoms with Crippen molar-refractivity contribution in [3.05, 3.63) is 70.3 Å². The molecule has 108 valence electrons. The van der Waals surface area contributed by atoms with Crippen LogP contribution in [0, 0.1) is 0 Å². The molecule has 2 heteroatoms. The standard InChI is InChI=1S/C19H22N2/c1-2-5-18-14-21(9-3-6-16(18)4-1)13-15-7-8-17-11-20-12-19(17)10-15/h1-2,4-5,7-8,10,20H,3,6,9,11-14H2. The van der Waals surface area contributed by atoms with Gasteiger partial charge in [0.05, 0.1) is 0 Å². The lowest BCUT2D eigenvalue weighted by Gasteiger charge is -2.21. The molecule has 2 aliphatic heterocycles. The first-order valence-electron chi connectivity index (χ1n) is 7.99. The van der Waals surface area contributed by atoms with Crippen molar-refractivity contribution in [3.63, 3.8) is 0 Å². The Labute approximate surface area is 126 Å². The lowest BCUT2D eigenvalue weighted by atomic mass is 10.0. The third kappa shape index (κ3) is 2.74. The number of nitrogens with zero attached hydrogens (tertiary/aromatic N) is 1. The van der Waals surface area contributed by atoms with Crippen LogP contribution in [0.4, 0.5) is 0 Å². The van der Waals surface area contributed by atoms with Crippen LogP contribution in [0.2, 0.25) is 0 Å². The lowest BCUT2D eigenvalue weighted by molar-refractivity contribution is 0.261. The molecule has 0 radical (unpaired) electrons. The molecular weight excluding hydrogens is 256 g/mol. The van der Waals surface area contributed by atoms with Crippen molar-refractivity contribution in [2.24, 2.45) is 0 Å². The quantitative estimate of drug-likeness (QED) is 0.907. The van der Waals surface area contributed by atoms with Gasteiger partial charge in [0.2, 0.25) is 0 Å². The maximum Gasteiger partial charge on any atom is 0.0240 e. The van der Waals surface area contributed by atoms with Gasteiger partial charge in [-0.3, -0.25) is 4.90 Å². The van der Waals surface area contributed by atoms with Crippen LogP contribution in [0.5, 0.6) is 0 Å². The van der Waals surface area contributed by atoms with Crippen LogP contribution < -0.4 is 5.32 Å². The Kier molecular flexibility index (Phi) is 3.50. The Hall–Kier alpha value is -1.64. The Morgan fingerprint density at radius 3 is 2.71 bits per heavy atom. The average molecular weight is 278 g/mol. The normalized spacial score (nSPS) is 18.1. The summed E-state index contributed by atoms with van der Waals surface area (Å²) in [6, 6.07) is 15.9. The summed E-state index contributed by atoms with van der Waals surface area (Å²) < 4.78 is 0. The fraction of sp³-hybridized carbons (Fsp3) is 0.368. The Balaban J connectivity index is 1.52. The molecule has 2 heterocycles. The van der Waals surface area contributed by atoms with Crippen molar-refractivity contribution in [3.8, 4) is 0 Å². The predicted molar refractivity (Wildman–Crippen MR) is 85.9 cm³/mol. The summed E-state index contributed by atoms with van der Waals surface area (Å²) in [5.74, 6) is 0. The van der Waals surface area contributed by atoms with Crippen LogP contribution in [0.3, 0.4) is 0 Å². The molecule has 0 fully saturated rings. The van der Waals surface area contributed by atoms with Gasteiger partial charge in [0.15, 0.2) is 0 Å². The molecule has 0 saturated heterocycles. The molecular formula is C19H22N2. The first kappa shape index (κ1) is 13.1.